The molecule has 45 heavy (non-hydrogen) atoms. The summed E-state index contributed by atoms with van der Waals surface area (Å²) < 4.78 is 46.4. The number of piperidine rings is 1. The molecule has 0 aliphatic carbocycles. The minimum Gasteiger partial charge on any atom is -0.481 e. The number of aromatic nitrogens is 2. The number of hydrogen-bond donors (Lipinski definition) is 1. The van der Waals surface area contributed by atoms with E-state index in [0.29, 0.717) is 41.2 Å². The lowest BCUT2D eigenvalue weighted by molar-refractivity contribution is -0.140. The number of benzene rings is 2. The Bertz CT molecular complexity index is 1680. The highest BCUT2D eigenvalue weighted by atomic mass is 32.1. The van der Waals surface area contributed by atoms with Crippen molar-refractivity contribution in [2.75, 3.05) is 23.4 Å². The number of hydrogen-bond acceptors (Lipinski definition) is 7. The second-order valence-corrected chi connectivity index (χ2v) is 11.4. The maximum Gasteiger partial charge on any atom is 0.387 e. The van der Waals surface area contributed by atoms with E-state index < -0.39 is 36.0 Å². The largest absolute Gasteiger partial charge is 0.481 e. The molecule has 1 saturated heterocycles. The summed E-state index contributed by atoms with van der Waals surface area (Å²) in [5, 5.41) is 8.63. The summed E-state index contributed by atoms with van der Waals surface area (Å²) in [6, 6.07) is 16.3. The Morgan fingerprint density at radius 1 is 1.09 bits per heavy atom. The third kappa shape index (κ3) is 7.48. The molecule has 5 rings (SSSR count). The summed E-state index contributed by atoms with van der Waals surface area (Å²) in [5.41, 5.74) is 1.57. The lowest BCUT2D eigenvalue weighted by atomic mass is 9.95. The van der Waals surface area contributed by atoms with Crippen LogP contribution in [0.5, 0.6) is 5.75 Å². The molecule has 1 atom stereocenters. The first-order chi connectivity index (χ1) is 21.6. The van der Waals surface area contributed by atoms with Crippen molar-refractivity contribution in [3.63, 3.8) is 0 Å². The number of amides is 2. The third-order valence-corrected chi connectivity index (χ3v) is 8.34. The number of halogens is 3. The first-order valence-corrected chi connectivity index (χ1v) is 15.0. The zero-order chi connectivity index (χ0) is 32.1. The van der Waals surface area contributed by atoms with Crippen molar-refractivity contribution in [2.45, 2.75) is 38.7 Å². The number of anilines is 2. The smallest absolute Gasteiger partial charge is 0.387 e. The number of alkyl halides is 2. The molecule has 1 aliphatic rings. The van der Waals surface area contributed by atoms with Gasteiger partial charge in [-0.3, -0.25) is 24.2 Å². The fourth-order valence-electron chi connectivity index (χ4n) is 5.23. The molecular formula is C32H29F3N4O5S. The Hall–Kier alpha value is -4.78. The zero-order valence-corrected chi connectivity index (χ0v) is 25.0. The summed E-state index contributed by atoms with van der Waals surface area (Å²) in [6.07, 6.45) is 3.33. The second-order valence-electron chi connectivity index (χ2n) is 10.5. The molecule has 0 bridgehead atoms. The average Bonchev–Trinajstić information content (AvgIpc) is 3.41. The Morgan fingerprint density at radius 3 is 2.53 bits per heavy atom. The number of carboxylic acids is 1. The molecule has 4 aromatic rings. The minimum atomic E-state index is -3.12. The van der Waals surface area contributed by atoms with Crippen LogP contribution in [0.15, 0.2) is 66.9 Å². The van der Waals surface area contributed by atoms with E-state index in [4.69, 9.17) is 0 Å². The van der Waals surface area contributed by atoms with Gasteiger partial charge in [0, 0.05) is 37.3 Å². The van der Waals surface area contributed by atoms with E-state index in [1.807, 2.05) is 0 Å². The van der Waals surface area contributed by atoms with E-state index in [1.165, 1.54) is 31.4 Å². The number of ether oxygens (including phenoxy) is 1. The molecule has 2 aromatic heterocycles. The van der Waals surface area contributed by atoms with Crippen molar-refractivity contribution in [1.29, 1.82) is 0 Å². The molecule has 0 saturated carbocycles. The Labute approximate surface area is 260 Å². The molecule has 1 aliphatic heterocycles. The third-order valence-electron chi connectivity index (χ3n) is 7.42. The Balaban J connectivity index is 1.48. The number of rotatable bonds is 11. The maximum atomic E-state index is 15.6. The van der Waals surface area contributed by atoms with Crippen molar-refractivity contribution in [3.8, 4) is 28.1 Å². The zero-order valence-electron chi connectivity index (χ0n) is 24.2. The number of carbonyl (C=O) groups excluding carboxylic acids is 2. The first kappa shape index (κ1) is 31.6. The molecule has 2 amide bonds. The monoisotopic (exact) mass is 638 g/mol. The van der Waals surface area contributed by atoms with Crippen molar-refractivity contribution >= 4 is 40.1 Å². The summed E-state index contributed by atoms with van der Waals surface area (Å²) in [6.45, 7) is -2.57. The normalized spacial score (nSPS) is 14.0. The van der Waals surface area contributed by atoms with Gasteiger partial charge >= 0.3 is 12.6 Å². The van der Waals surface area contributed by atoms with E-state index in [1.54, 1.807) is 47.4 Å². The van der Waals surface area contributed by atoms with Gasteiger partial charge in [0.15, 0.2) is 5.13 Å². The molecule has 0 radical (unpaired) electrons. The molecule has 1 N–H and O–H groups in total. The van der Waals surface area contributed by atoms with Crippen LogP contribution in [0.3, 0.4) is 0 Å². The van der Waals surface area contributed by atoms with Gasteiger partial charge in [0.25, 0.3) is 0 Å². The number of thiazole rings is 1. The van der Waals surface area contributed by atoms with Gasteiger partial charge in [-0.05, 0) is 60.7 Å². The summed E-state index contributed by atoms with van der Waals surface area (Å²) in [5.74, 6) is -2.45. The Kier molecular flexibility index (Phi) is 9.77. The van der Waals surface area contributed by atoms with Crippen LogP contribution in [0.1, 0.15) is 31.2 Å². The van der Waals surface area contributed by atoms with Gasteiger partial charge in [-0.2, -0.15) is 13.2 Å². The molecular weight excluding hydrogens is 609 g/mol. The molecule has 1 unspecified atom stereocenters. The van der Waals surface area contributed by atoms with Crippen LogP contribution in [0.4, 0.5) is 24.1 Å². The fourth-order valence-corrected chi connectivity index (χ4v) is 6.00. The van der Waals surface area contributed by atoms with Crippen molar-refractivity contribution in [3.05, 3.63) is 77.6 Å². The first-order valence-electron chi connectivity index (χ1n) is 14.2. The summed E-state index contributed by atoms with van der Waals surface area (Å²) >= 11 is 0.564. The molecule has 0 spiro atoms. The van der Waals surface area contributed by atoms with Gasteiger partial charge in [-0.1, -0.05) is 41.7 Å². The number of pyridine rings is 1. The highest BCUT2D eigenvalue weighted by Crippen LogP contribution is 2.40. The maximum absolute atomic E-state index is 15.6. The average molecular weight is 639 g/mol. The predicted molar refractivity (Wildman–Crippen MR) is 163 cm³/mol. The van der Waals surface area contributed by atoms with E-state index in [9.17, 15) is 28.3 Å². The summed E-state index contributed by atoms with van der Waals surface area (Å²) in [4.78, 5) is 48.9. The van der Waals surface area contributed by atoms with E-state index >= 15 is 4.39 Å². The number of aliphatic carboxylic acids is 1. The predicted octanol–water partition coefficient (Wildman–Crippen LogP) is 6.43. The SMILES string of the molecule is CN(C(=O)C(CC(=O)O)Cc1ccccc1)c1nc(-c2cc(OC(F)F)ccc2-c2ccc(N3CCCCC3=O)nc2)c(F)s1. The van der Waals surface area contributed by atoms with Crippen LogP contribution >= 0.6 is 11.3 Å². The van der Waals surface area contributed by atoms with Crippen molar-refractivity contribution < 1.29 is 37.4 Å². The van der Waals surface area contributed by atoms with E-state index in [0.717, 1.165) is 23.3 Å². The number of nitrogens with zero attached hydrogens (tertiary/aromatic N) is 4. The van der Waals surface area contributed by atoms with E-state index in [2.05, 4.69) is 14.7 Å². The highest BCUT2D eigenvalue weighted by molar-refractivity contribution is 7.14. The lowest BCUT2D eigenvalue weighted by Gasteiger charge is -2.25. The van der Waals surface area contributed by atoms with Gasteiger partial charge in [-0.25, -0.2) is 9.97 Å². The molecule has 9 nitrogen and oxygen atoms in total. The van der Waals surface area contributed by atoms with Crippen LogP contribution in [0, 0.1) is 11.0 Å². The van der Waals surface area contributed by atoms with Gasteiger partial charge in [-0.15, -0.1) is 0 Å². The van der Waals surface area contributed by atoms with Crippen molar-refractivity contribution in [1.82, 2.24) is 9.97 Å². The van der Waals surface area contributed by atoms with Gasteiger partial charge in [0.1, 0.15) is 17.3 Å². The number of carbonyl (C=O) groups is 3. The lowest BCUT2D eigenvalue weighted by Crippen LogP contribution is -2.35. The Morgan fingerprint density at radius 2 is 1.87 bits per heavy atom. The van der Waals surface area contributed by atoms with E-state index in [-0.39, 0.29) is 34.5 Å². The van der Waals surface area contributed by atoms with Crippen LogP contribution in [0.2, 0.25) is 0 Å². The molecule has 2 aromatic carbocycles. The topological polar surface area (TPSA) is 113 Å². The molecule has 3 heterocycles. The van der Waals surface area contributed by atoms with Gasteiger partial charge in [0.05, 0.1) is 12.3 Å². The highest BCUT2D eigenvalue weighted by Gasteiger charge is 2.29. The number of carboxylic acid groups (broad SMARTS) is 1. The fraction of sp³-hybridized carbons (Fsp3) is 0.281. The molecule has 13 heteroatoms. The quantitative estimate of drug-likeness (QED) is 0.202. The summed E-state index contributed by atoms with van der Waals surface area (Å²) in [7, 11) is 1.38. The standard InChI is InChI=1S/C32H29F3N4O5S/c1-38(30(43)21(16-27(41)42)15-19-7-3-2-4-8-19)32-37-28(29(33)45-32)24-17-22(44-31(34)35)11-12-23(24)20-10-13-25(36-18-20)39-14-6-5-9-26(39)40/h2-4,7-8,10-13,17-18,21,31H,5-6,9,14-16H2,1H3,(H,41,42). The van der Waals surface area contributed by atoms with Crippen molar-refractivity contribution in [2.24, 2.45) is 5.92 Å². The van der Waals surface area contributed by atoms with Crippen LogP contribution < -0.4 is 14.5 Å². The van der Waals surface area contributed by atoms with Crippen LogP contribution in [0.25, 0.3) is 22.4 Å². The molecule has 234 valence electrons. The van der Waals surface area contributed by atoms with Crippen LogP contribution in [-0.2, 0) is 20.8 Å². The van der Waals surface area contributed by atoms with Gasteiger partial charge in [0.2, 0.25) is 16.9 Å². The minimum absolute atomic E-state index is 0.0270. The van der Waals surface area contributed by atoms with Gasteiger partial charge < -0.3 is 9.84 Å². The van der Waals surface area contributed by atoms with Crippen LogP contribution in [-0.4, -0.2) is 53.1 Å². The molecule has 1 fully saturated rings. The second kappa shape index (κ2) is 13.9.